The number of hydrogen-bond acceptors (Lipinski definition) is 4. The van der Waals surface area contributed by atoms with Gasteiger partial charge >= 0.3 is 12.1 Å². The van der Waals surface area contributed by atoms with Gasteiger partial charge < -0.3 is 21.1 Å². The Morgan fingerprint density at radius 2 is 1.95 bits per heavy atom. The zero-order chi connectivity index (χ0) is 16.5. The van der Waals surface area contributed by atoms with E-state index in [2.05, 4.69) is 5.32 Å². The molecule has 0 bridgehead atoms. The van der Waals surface area contributed by atoms with E-state index in [4.69, 9.17) is 5.73 Å². The van der Waals surface area contributed by atoms with Gasteiger partial charge in [-0.05, 0) is 25.0 Å². The van der Waals surface area contributed by atoms with E-state index >= 15 is 0 Å². The third kappa shape index (κ3) is 3.20. The summed E-state index contributed by atoms with van der Waals surface area (Å²) in [5, 5.41) is 12.1. The smallest absolute Gasteiger partial charge is 0.391 e. The van der Waals surface area contributed by atoms with E-state index in [0.29, 0.717) is 11.4 Å². The van der Waals surface area contributed by atoms with Crippen molar-refractivity contribution in [3.63, 3.8) is 0 Å². The zero-order valence-corrected chi connectivity index (χ0v) is 12.1. The molecule has 8 heteroatoms. The first-order valence-electron chi connectivity index (χ1n) is 6.90. The van der Waals surface area contributed by atoms with E-state index in [0.717, 1.165) is 0 Å². The Morgan fingerprint density at radius 3 is 2.41 bits per heavy atom. The molecule has 122 valence electrons. The monoisotopic (exact) mass is 317 g/mol. The second kappa shape index (κ2) is 5.94. The average Bonchev–Trinajstić information content (AvgIpc) is 2.46. The van der Waals surface area contributed by atoms with Crippen LogP contribution in [0.15, 0.2) is 12.1 Å². The number of piperidine rings is 1. The summed E-state index contributed by atoms with van der Waals surface area (Å²) in [5.74, 6) is -2.48. The molecule has 2 rings (SSSR count). The summed E-state index contributed by atoms with van der Waals surface area (Å²) >= 11 is 0. The molecular weight excluding hydrogens is 299 g/mol. The van der Waals surface area contributed by atoms with Gasteiger partial charge in [-0.15, -0.1) is 0 Å². The number of benzene rings is 1. The predicted molar refractivity (Wildman–Crippen MR) is 78.4 cm³/mol. The second-order valence-electron chi connectivity index (χ2n) is 5.31. The first-order chi connectivity index (χ1) is 10.2. The number of rotatable bonds is 3. The van der Waals surface area contributed by atoms with E-state index < -0.39 is 18.1 Å². The minimum atomic E-state index is -4.20. The van der Waals surface area contributed by atoms with Crippen molar-refractivity contribution in [1.29, 1.82) is 0 Å². The summed E-state index contributed by atoms with van der Waals surface area (Å²) in [5.41, 5.74) is 6.99. The minimum Gasteiger partial charge on any atom is -0.478 e. The summed E-state index contributed by atoms with van der Waals surface area (Å²) in [6, 6.07) is 2.91. The summed E-state index contributed by atoms with van der Waals surface area (Å²) in [6.45, 7) is 0.328. The molecule has 1 saturated heterocycles. The van der Waals surface area contributed by atoms with Crippen molar-refractivity contribution in [3.8, 4) is 0 Å². The highest BCUT2D eigenvalue weighted by Crippen LogP contribution is 2.37. The maximum atomic E-state index is 12.7. The van der Waals surface area contributed by atoms with Crippen LogP contribution in [0.1, 0.15) is 23.2 Å². The summed E-state index contributed by atoms with van der Waals surface area (Å²) in [6.07, 6.45) is -4.28. The van der Waals surface area contributed by atoms with Crippen LogP contribution in [0.4, 0.5) is 30.2 Å². The Bertz CT molecular complexity index is 567. The summed E-state index contributed by atoms with van der Waals surface area (Å²) in [7, 11) is 1.64. The van der Waals surface area contributed by atoms with Gasteiger partial charge in [0, 0.05) is 20.1 Å². The van der Waals surface area contributed by atoms with Crippen molar-refractivity contribution in [2.24, 2.45) is 5.92 Å². The summed E-state index contributed by atoms with van der Waals surface area (Å²) in [4.78, 5) is 13.0. The van der Waals surface area contributed by atoms with Crippen LogP contribution in [0, 0.1) is 5.92 Å². The van der Waals surface area contributed by atoms with Crippen LogP contribution in [0.2, 0.25) is 0 Å². The second-order valence-corrected chi connectivity index (χ2v) is 5.31. The highest BCUT2D eigenvalue weighted by Gasteiger charge is 2.41. The number of aromatic carboxylic acids is 1. The van der Waals surface area contributed by atoms with Crippen LogP contribution in [0.25, 0.3) is 0 Å². The fourth-order valence-electron chi connectivity index (χ4n) is 2.70. The number of alkyl halides is 3. The lowest BCUT2D eigenvalue weighted by molar-refractivity contribution is -0.179. The normalized spacial score (nSPS) is 16.6. The Kier molecular flexibility index (Phi) is 4.39. The molecule has 0 spiro atoms. The van der Waals surface area contributed by atoms with Gasteiger partial charge in [0.2, 0.25) is 0 Å². The van der Waals surface area contributed by atoms with Crippen LogP contribution < -0.4 is 16.0 Å². The van der Waals surface area contributed by atoms with Crippen molar-refractivity contribution in [2.75, 3.05) is 36.1 Å². The van der Waals surface area contributed by atoms with Crippen molar-refractivity contribution in [2.45, 2.75) is 19.0 Å². The van der Waals surface area contributed by atoms with Gasteiger partial charge in [0.25, 0.3) is 0 Å². The van der Waals surface area contributed by atoms with Gasteiger partial charge in [-0.25, -0.2) is 4.79 Å². The molecule has 22 heavy (non-hydrogen) atoms. The van der Waals surface area contributed by atoms with Crippen molar-refractivity contribution < 1.29 is 23.1 Å². The summed E-state index contributed by atoms with van der Waals surface area (Å²) < 4.78 is 38.1. The van der Waals surface area contributed by atoms with Gasteiger partial charge in [0.1, 0.15) is 0 Å². The zero-order valence-electron chi connectivity index (χ0n) is 12.1. The molecule has 1 aromatic rings. The fourth-order valence-corrected chi connectivity index (χ4v) is 2.70. The Hall–Kier alpha value is -2.12. The molecule has 1 heterocycles. The first-order valence-corrected chi connectivity index (χ1v) is 6.90. The number of nitrogens with zero attached hydrogens (tertiary/aromatic N) is 1. The van der Waals surface area contributed by atoms with E-state index in [1.54, 1.807) is 18.0 Å². The highest BCUT2D eigenvalue weighted by atomic mass is 19.4. The maximum absolute atomic E-state index is 12.7. The lowest BCUT2D eigenvalue weighted by Gasteiger charge is -2.35. The van der Waals surface area contributed by atoms with E-state index in [1.165, 1.54) is 6.07 Å². The molecule has 0 aliphatic carbocycles. The van der Waals surface area contributed by atoms with Crippen LogP contribution >= 0.6 is 0 Å². The number of nitrogens with one attached hydrogen (secondary N) is 1. The van der Waals surface area contributed by atoms with E-state index in [-0.39, 0.29) is 37.2 Å². The largest absolute Gasteiger partial charge is 0.478 e. The third-order valence-corrected chi connectivity index (χ3v) is 3.97. The number of nitrogen functional groups attached to an aromatic ring is 1. The number of nitrogens with two attached hydrogens (primary N) is 1. The molecule has 1 aromatic carbocycles. The van der Waals surface area contributed by atoms with E-state index in [1.807, 2.05) is 0 Å². The molecule has 0 atom stereocenters. The van der Waals surface area contributed by atoms with E-state index in [9.17, 15) is 23.1 Å². The third-order valence-electron chi connectivity index (χ3n) is 3.97. The number of carbonyl (C=O) groups is 1. The molecule has 5 nitrogen and oxygen atoms in total. The molecule has 1 aliphatic heterocycles. The van der Waals surface area contributed by atoms with Gasteiger partial charge in [-0.1, -0.05) is 0 Å². The lowest BCUT2D eigenvalue weighted by atomic mass is 9.95. The van der Waals surface area contributed by atoms with Gasteiger partial charge in [-0.2, -0.15) is 13.2 Å². The van der Waals surface area contributed by atoms with Crippen LogP contribution in [-0.2, 0) is 0 Å². The van der Waals surface area contributed by atoms with Crippen LogP contribution in [-0.4, -0.2) is 37.4 Å². The predicted octanol–water partition coefficient (Wildman–Crippen LogP) is 2.79. The van der Waals surface area contributed by atoms with Gasteiger partial charge in [-0.3, -0.25) is 0 Å². The molecule has 1 aliphatic rings. The number of halogens is 3. The molecule has 0 aromatic heterocycles. The average molecular weight is 317 g/mol. The maximum Gasteiger partial charge on any atom is 0.391 e. The molecule has 0 radical (unpaired) electrons. The van der Waals surface area contributed by atoms with Crippen LogP contribution in [0.3, 0.4) is 0 Å². The lowest BCUT2D eigenvalue weighted by Crippen LogP contribution is -2.39. The highest BCUT2D eigenvalue weighted by molar-refractivity contribution is 5.97. The standard InChI is InChI=1S/C14H18F3N3O2/c1-19-11-7-12(9(13(21)22)6-10(11)18)20-4-2-8(3-5-20)14(15,16)17/h6-8,19H,2-5,18H2,1H3,(H,21,22). The van der Waals surface area contributed by atoms with Gasteiger partial charge in [0.15, 0.2) is 0 Å². The van der Waals surface area contributed by atoms with Crippen molar-refractivity contribution in [1.82, 2.24) is 0 Å². The molecule has 4 N–H and O–H groups in total. The quantitative estimate of drug-likeness (QED) is 0.747. The Labute approximate surface area is 125 Å². The SMILES string of the molecule is CNc1cc(N2CCC(C(F)(F)F)CC2)c(C(=O)O)cc1N. The van der Waals surface area contributed by atoms with Crippen molar-refractivity contribution >= 4 is 23.0 Å². The Balaban J connectivity index is 2.27. The molecular formula is C14H18F3N3O2. The molecule has 0 saturated carbocycles. The fraction of sp³-hybridized carbons (Fsp3) is 0.500. The molecule has 0 unspecified atom stereocenters. The van der Waals surface area contributed by atoms with Gasteiger partial charge in [0.05, 0.1) is 28.5 Å². The Morgan fingerprint density at radius 1 is 1.36 bits per heavy atom. The number of carboxylic acid groups (broad SMARTS) is 1. The molecule has 1 fully saturated rings. The van der Waals surface area contributed by atoms with Crippen LogP contribution in [0.5, 0.6) is 0 Å². The molecule has 0 amide bonds. The number of hydrogen-bond donors (Lipinski definition) is 3. The van der Waals surface area contributed by atoms with Crippen molar-refractivity contribution in [3.05, 3.63) is 17.7 Å². The topological polar surface area (TPSA) is 78.6 Å². The minimum absolute atomic E-state index is 0.00181. The first kappa shape index (κ1) is 16.3. The number of anilines is 3. The number of carboxylic acids is 1.